The second-order valence-corrected chi connectivity index (χ2v) is 9.42. The van der Waals surface area contributed by atoms with Gasteiger partial charge in [0, 0.05) is 18.1 Å². The van der Waals surface area contributed by atoms with E-state index in [9.17, 15) is 0 Å². The molecule has 3 aromatic rings. The summed E-state index contributed by atoms with van der Waals surface area (Å²) in [6, 6.07) is 9.61. The second kappa shape index (κ2) is 10.6. The molecule has 0 saturated heterocycles. The summed E-state index contributed by atoms with van der Waals surface area (Å²) in [6.45, 7) is 2.45. The highest BCUT2D eigenvalue weighted by Crippen LogP contribution is 2.29. The van der Waals surface area contributed by atoms with Crippen molar-refractivity contribution in [3.63, 3.8) is 0 Å². The van der Waals surface area contributed by atoms with E-state index in [1.807, 2.05) is 37.3 Å². The van der Waals surface area contributed by atoms with Crippen LogP contribution in [0.5, 0.6) is 5.75 Å². The number of aromatic nitrogens is 3. The summed E-state index contributed by atoms with van der Waals surface area (Å²) in [6.07, 6.45) is 9.76. The largest absolute Gasteiger partial charge is 0.489 e. The number of nitrogens with zero attached hydrogens (tertiary/aromatic N) is 4. The lowest BCUT2D eigenvalue weighted by molar-refractivity contribution is 0.154. The highest BCUT2D eigenvalue weighted by atomic mass is 32.1. The van der Waals surface area contributed by atoms with Gasteiger partial charge in [0.2, 0.25) is 0 Å². The Morgan fingerprint density at radius 3 is 2.67 bits per heavy atom. The molecule has 0 aromatic carbocycles. The number of ether oxygens (including phenoxy) is 1. The molecule has 1 aliphatic carbocycles. The third-order valence-electron chi connectivity index (χ3n) is 5.72. The van der Waals surface area contributed by atoms with Crippen LogP contribution in [0.15, 0.2) is 48.4 Å². The van der Waals surface area contributed by atoms with Crippen molar-refractivity contribution in [2.24, 2.45) is 11.6 Å². The average Bonchev–Trinajstić information content (AvgIpc) is 3.21. The van der Waals surface area contributed by atoms with Crippen LogP contribution in [0.3, 0.4) is 0 Å². The second-order valence-electron chi connectivity index (χ2n) is 8.22. The van der Waals surface area contributed by atoms with E-state index in [0.717, 1.165) is 45.7 Å². The normalized spacial score (nSPS) is 15.1. The van der Waals surface area contributed by atoms with Gasteiger partial charge in [-0.05, 0) is 56.9 Å². The van der Waals surface area contributed by atoms with Crippen LogP contribution >= 0.6 is 11.3 Å². The van der Waals surface area contributed by atoms with E-state index in [0.29, 0.717) is 17.9 Å². The molecule has 1 fully saturated rings. The van der Waals surface area contributed by atoms with Crippen molar-refractivity contribution in [3.8, 4) is 17.1 Å². The van der Waals surface area contributed by atoms with Crippen LogP contribution in [0.25, 0.3) is 17.1 Å². The van der Waals surface area contributed by atoms with Crippen molar-refractivity contribution in [1.82, 2.24) is 20.0 Å². The Morgan fingerprint density at radius 2 is 2.00 bits per heavy atom. The molecule has 0 aliphatic heterocycles. The zero-order valence-electron chi connectivity index (χ0n) is 19.1. The molecule has 0 radical (unpaired) electrons. The van der Waals surface area contributed by atoms with Crippen molar-refractivity contribution in [2.45, 2.75) is 45.1 Å². The molecule has 9 heteroatoms. The lowest BCUT2D eigenvalue weighted by Crippen LogP contribution is -2.31. The summed E-state index contributed by atoms with van der Waals surface area (Å²) < 4.78 is 6.07. The Hall–Kier alpha value is -3.17. The smallest absolute Gasteiger partial charge is 0.183 e. The van der Waals surface area contributed by atoms with Crippen LogP contribution in [-0.4, -0.2) is 39.7 Å². The van der Waals surface area contributed by atoms with Crippen LogP contribution < -0.4 is 21.6 Å². The highest BCUT2D eigenvalue weighted by Gasteiger charge is 2.16. The number of anilines is 1. The number of rotatable bonds is 8. The standard InChI is InChI=1S/C24H31N7OS/c1-16-23(20-10-6-7-13-27-20)30-24(33-16)29-15-21(31(2)26)22(25)19-12-11-18(14-28-19)32-17-8-4-3-5-9-17/h6-7,10-14,17H,3-5,8-9,15,25-26H2,1-2H3,(H,29,30)/b22-21-. The molecular weight excluding hydrogens is 434 g/mol. The first-order valence-electron chi connectivity index (χ1n) is 11.2. The summed E-state index contributed by atoms with van der Waals surface area (Å²) in [5.41, 5.74) is 10.1. The number of hydrogen-bond acceptors (Lipinski definition) is 9. The van der Waals surface area contributed by atoms with Gasteiger partial charge in [0.15, 0.2) is 5.13 Å². The maximum absolute atomic E-state index is 6.45. The molecule has 0 spiro atoms. The van der Waals surface area contributed by atoms with E-state index in [2.05, 4.69) is 15.3 Å². The number of hydrogen-bond donors (Lipinski definition) is 3. The Morgan fingerprint density at radius 1 is 1.18 bits per heavy atom. The van der Waals surface area contributed by atoms with E-state index in [1.54, 1.807) is 30.8 Å². The van der Waals surface area contributed by atoms with Crippen molar-refractivity contribution in [2.75, 3.05) is 18.9 Å². The van der Waals surface area contributed by atoms with Crippen LogP contribution in [0.4, 0.5) is 5.13 Å². The summed E-state index contributed by atoms with van der Waals surface area (Å²) in [4.78, 5) is 14.7. The number of thiazole rings is 1. The van der Waals surface area contributed by atoms with Crippen LogP contribution in [0.1, 0.15) is 42.7 Å². The highest BCUT2D eigenvalue weighted by molar-refractivity contribution is 7.16. The third kappa shape index (κ3) is 5.80. The molecule has 3 heterocycles. The quantitative estimate of drug-likeness (QED) is 0.335. The minimum atomic E-state index is 0.284. The van der Waals surface area contributed by atoms with Gasteiger partial charge < -0.3 is 20.8 Å². The topological polar surface area (TPSA) is 115 Å². The van der Waals surface area contributed by atoms with Gasteiger partial charge in [0.25, 0.3) is 0 Å². The van der Waals surface area contributed by atoms with E-state index < -0.39 is 0 Å². The molecule has 33 heavy (non-hydrogen) atoms. The van der Waals surface area contributed by atoms with Gasteiger partial charge in [-0.2, -0.15) is 0 Å². The number of aryl methyl sites for hydroxylation is 1. The van der Waals surface area contributed by atoms with Gasteiger partial charge in [-0.3, -0.25) is 9.97 Å². The zero-order chi connectivity index (χ0) is 23.2. The van der Waals surface area contributed by atoms with Crippen molar-refractivity contribution >= 4 is 22.2 Å². The van der Waals surface area contributed by atoms with Crippen molar-refractivity contribution in [3.05, 3.63) is 59.0 Å². The fourth-order valence-corrected chi connectivity index (χ4v) is 4.73. The van der Waals surface area contributed by atoms with Gasteiger partial charge in [-0.15, -0.1) is 11.3 Å². The Bertz CT molecular complexity index is 1070. The monoisotopic (exact) mass is 465 g/mol. The van der Waals surface area contributed by atoms with Crippen molar-refractivity contribution in [1.29, 1.82) is 0 Å². The van der Waals surface area contributed by atoms with Crippen molar-refractivity contribution < 1.29 is 4.74 Å². The maximum atomic E-state index is 6.45. The first-order chi connectivity index (χ1) is 16.0. The molecular formula is C24H31N7OS. The fraction of sp³-hybridized carbons (Fsp3) is 0.375. The van der Waals surface area contributed by atoms with Gasteiger partial charge in [-0.1, -0.05) is 12.5 Å². The Balaban J connectivity index is 1.45. The minimum absolute atomic E-state index is 0.284. The molecule has 0 unspecified atom stereocenters. The number of likely N-dealkylation sites (N-methyl/N-ethyl adjacent to an activating group) is 1. The molecule has 3 aromatic heterocycles. The van der Waals surface area contributed by atoms with Gasteiger partial charge in [-0.25, -0.2) is 10.8 Å². The number of nitrogens with one attached hydrogen (secondary N) is 1. The maximum Gasteiger partial charge on any atom is 0.183 e. The van der Waals surface area contributed by atoms with E-state index in [1.165, 1.54) is 24.3 Å². The predicted molar refractivity (Wildman–Crippen MR) is 133 cm³/mol. The van der Waals surface area contributed by atoms with Gasteiger partial charge >= 0.3 is 0 Å². The van der Waals surface area contributed by atoms with Crippen LogP contribution in [0.2, 0.25) is 0 Å². The zero-order valence-corrected chi connectivity index (χ0v) is 19.9. The molecule has 0 atom stereocenters. The SMILES string of the molecule is Cc1sc(NC/C(=C(/N)c2ccc(OC3CCCCC3)cn2)N(C)N)nc1-c1ccccn1. The predicted octanol–water partition coefficient (Wildman–Crippen LogP) is 4.16. The number of pyridine rings is 2. The first kappa shape index (κ1) is 23.0. The molecule has 1 aliphatic rings. The lowest BCUT2D eigenvalue weighted by Gasteiger charge is -2.23. The van der Waals surface area contributed by atoms with Gasteiger partial charge in [0.05, 0.1) is 41.6 Å². The first-order valence-corrected chi connectivity index (χ1v) is 12.1. The summed E-state index contributed by atoms with van der Waals surface area (Å²) in [5, 5.41) is 5.63. The molecule has 0 bridgehead atoms. The number of hydrazine groups is 1. The lowest BCUT2D eigenvalue weighted by atomic mass is 9.98. The molecule has 0 amide bonds. The van der Waals surface area contributed by atoms with E-state index >= 15 is 0 Å². The molecule has 5 N–H and O–H groups in total. The Kier molecular flexibility index (Phi) is 7.41. The van der Waals surface area contributed by atoms with Crippen LogP contribution in [0, 0.1) is 6.92 Å². The average molecular weight is 466 g/mol. The third-order valence-corrected chi connectivity index (χ3v) is 6.64. The van der Waals surface area contributed by atoms with E-state index in [-0.39, 0.29) is 6.10 Å². The van der Waals surface area contributed by atoms with Gasteiger partial charge in [0.1, 0.15) is 11.4 Å². The fourth-order valence-electron chi connectivity index (χ4n) is 3.91. The van der Waals surface area contributed by atoms with E-state index in [4.69, 9.17) is 21.3 Å². The van der Waals surface area contributed by atoms with Crippen LogP contribution in [-0.2, 0) is 0 Å². The number of nitrogens with two attached hydrogens (primary N) is 2. The summed E-state index contributed by atoms with van der Waals surface area (Å²) in [5.74, 6) is 6.87. The molecule has 8 nitrogen and oxygen atoms in total. The Labute approximate surface area is 198 Å². The molecule has 174 valence electrons. The molecule has 4 rings (SSSR count). The molecule has 1 saturated carbocycles. The summed E-state index contributed by atoms with van der Waals surface area (Å²) in [7, 11) is 1.76. The minimum Gasteiger partial charge on any atom is -0.489 e. The summed E-state index contributed by atoms with van der Waals surface area (Å²) >= 11 is 1.57.